The van der Waals surface area contributed by atoms with Crippen LogP contribution in [0.15, 0.2) is 59.5 Å². The molecule has 3 aromatic carbocycles. The van der Waals surface area contributed by atoms with Gasteiger partial charge < -0.3 is 10.4 Å². The van der Waals surface area contributed by atoms with E-state index in [-0.39, 0.29) is 27.7 Å². The second kappa shape index (κ2) is 6.67. The zero-order valence-corrected chi connectivity index (χ0v) is 14.3. The topological polar surface area (TPSA) is 147 Å². The van der Waals surface area contributed by atoms with Gasteiger partial charge in [0.2, 0.25) is 0 Å². The van der Waals surface area contributed by atoms with E-state index in [1.807, 2.05) is 0 Å². The fraction of sp³-hybridized carbons (Fsp3) is 0. The van der Waals surface area contributed by atoms with Gasteiger partial charge in [0.05, 0.1) is 9.82 Å². The van der Waals surface area contributed by atoms with E-state index in [2.05, 4.69) is 5.32 Å². The zero-order valence-electron chi connectivity index (χ0n) is 13.5. The molecule has 0 aliphatic rings. The molecule has 0 unspecified atom stereocenters. The number of hydrogen-bond acceptors (Lipinski definition) is 6. The van der Waals surface area contributed by atoms with Crippen LogP contribution in [0.5, 0.6) is 5.75 Å². The number of phenols is 1. The van der Waals surface area contributed by atoms with Crippen LogP contribution in [-0.4, -0.2) is 28.9 Å². The van der Waals surface area contributed by atoms with Gasteiger partial charge in [-0.15, -0.1) is 0 Å². The Morgan fingerprint density at radius 2 is 1.74 bits per heavy atom. The lowest BCUT2D eigenvalue weighted by molar-refractivity contribution is -0.384. The molecule has 9 nitrogen and oxygen atoms in total. The van der Waals surface area contributed by atoms with Crippen molar-refractivity contribution in [3.8, 4) is 5.75 Å². The minimum absolute atomic E-state index is 0.0244. The van der Waals surface area contributed by atoms with E-state index in [1.165, 1.54) is 36.4 Å². The summed E-state index contributed by atoms with van der Waals surface area (Å²) >= 11 is 0. The van der Waals surface area contributed by atoms with Crippen molar-refractivity contribution in [1.29, 1.82) is 0 Å². The second-order valence-electron chi connectivity index (χ2n) is 5.58. The van der Waals surface area contributed by atoms with E-state index in [0.29, 0.717) is 0 Å². The number of anilines is 1. The van der Waals surface area contributed by atoms with Crippen molar-refractivity contribution >= 4 is 38.2 Å². The van der Waals surface area contributed by atoms with E-state index in [4.69, 9.17) is 0 Å². The van der Waals surface area contributed by atoms with Crippen molar-refractivity contribution in [3.05, 3.63) is 70.3 Å². The molecule has 0 aliphatic carbocycles. The molecular weight excluding hydrogens is 376 g/mol. The fourth-order valence-electron chi connectivity index (χ4n) is 2.55. The molecule has 138 valence electrons. The summed E-state index contributed by atoms with van der Waals surface area (Å²) in [4.78, 5) is 22.1. The summed E-state index contributed by atoms with van der Waals surface area (Å²) in [7, 11) is -4.58. The highest BCUT2D eigenvalue weighted by atomic mass is 32.2. The molecule has 10 heteroatoms. The van der Waals surface area contributed by atoms with Gasteiger partial charge in [-0.3, -0.25) is 19.5 Å². The Hall–Kier alpha value is -3.50. The van der Waals surface area contributed by atoms with Gasteiger partial charge in [-0.05, 0) is 18.2 Å². The van der Waals surface area contributed by atoms with Crippen molar-refractivity contribution in [2.24, 2.45) is 0 Å². The van der Waals surface area contributed by atoms with Crippen LogP contribution in [0, 0.1) is 10.1 Å². The zero-order chi connectivity index (χ0) is 19.8. The average Bonchev–Trinajstić information content (AvgIpc) is 2.61. The minimum Gasteiger partial charge on any atom is -0.507 e. The molecule has 1 amide bonds. The first-order valence-corrected chi connectivity index (χ1v) is 8.90. The van der Waals surface area contributed by atoms with Gasteiger partial charge >= 0.3 is 0 Å². The number of benzene rings is 3. The van der Waals surface area contributed by atoms with Crippen molar-refractivity contribution in [2.75, 3.05) is 5.32 Å². The molecule has 3 N–H and O–H groups in total. The second-order valence-corrected chi connectivity index (χ2v) is 7.00. The van der Waals surface area contributed by atoms with Crippen LogP contribution in [-0.2, 0) is 10.1 Å². The first-order chi connectivity index (χ1) is 12.7. The van der Waals surface area contributed by atoms with Crippen LogP contribution in [0.4, 0.5) is 11.4 Å². The van der Waals surface area contributed by atoms with Crippen LogP contribution in [0.25, 0.3) is 10.8 Å². The summed E-state index contributed by atoms with van der Waals surface area (Å²) in [5.41, 5.74) is -0.0759. The summed E-state index contributed by atoms with van der Waals surface area (Å²) in [5.74, 6) is -1.06. The highest BCUT2D eigenvalue weighted by molar-refractivity contribution is 7.85. The largest absolute Gasteiger partial charge is 0.507 e. The molecule has 0 fully saturated rings. The minimum atomic E-state index is -4.58. The number of nitro groups is 1. The van der Waals surface area contributed by atoms with Gasteiger partial charge in [-0.25, -0.2) is 0 Å². The predicted molar refractivity (Wildman–Crippen MR) is 96.5 cm³/mol. The number of hydrogen-bond donors (Lipinski definition) is 3. The number of carbonyl (C=O) groups is 1. The third kappa shape index (κ3) is 3.71. The molecule has 0 atom stereocenters. The number of aromatic hydroxyl groups is 1. The van der Waals surface area contributed by atoms with Crippen molar-refractivity contribution in [3.63, 3.8) is 0 Å². The standard InChI is InChI=1S/C17H12N2O7S/c20-16-9-12(27(24,25)26)8-14-13(16)5-2-6-15(14)18-17(21)10-3-1-4-11(7-10)19(22)23/h1-9,20H,(H,18,21)(H,24,25,26). The maximum Gasteiger partial charge on any atom is 0.294 e. The Bertz CT molecular complexity index is 1190. The monoisotopic (exact) mass is 388 g/mol. The number of nitrogens with one attached hydrogen (secondary N) is 1. The lowest BCUT2D eigenvalue weighted by Crippen LogP contribution is -2.12. The van der Waals surface area contributed by atoms with E-state index < -0.39 is 31.6 Å². The summed E-state index contributed by atoms with van der Waals surface area (Å²) in [5, 5.41) is 23.8. The molecule has 0 saturated heterocycles. The maximum absolute atomic E-state index is 12.4. The smallest absolute Gasteiger partial charge is 0.294 e. The van der Waals surface area contributed by atoms with E-state index in [9.17, 15) is 33.0 Å². The Kier molecular flexibility index (Phi) is 4.52. The number of amides is 1. The highest BCUT2D eigenvalue weighted by Gasteiger charge is 2.17. The number of nitrogens with zero attached hydrogens (tertiary/aromatic N) is 1. The molecule has 0 radical (unpaired) electrons. The van der Waals surface area contributed by atoms with Crippen LogP contribution < -0.4 is 5.32 Å². The molecule has 0 heterocycles. The number of rotatable bonds is 4. The van der Waals surface area contributed by atoms with Gasteiger partial charge in [0.1, 0.15) is 5.75 Å². The summed E-state index contributed by atoms with van der Waals surface area (Å²) < 4.78 is 32.0. The lowest BCUT2D eigenvalue weighted by atomic mass is 10.1. The molecule has 27 heavy (non-hydrogen) atoms. The number of nitro benzene ring substituents is 1. The maximum atomic E-state index is 12.4. The summed E-state index contributed by atoms with van der Waals surface area (Å²) in [6, 6.07) is 11.6. The lowest BCUT2D eigenvalue weighted by Gasteiger charge is -2.11. The van der Waals surface area contributed by atoms with Gasteiger partial charge in [0.25, 0.3) is 21.7 Å². The number of non-ortho nitro benzene ring substituents is 1. The van der Waals surface area contributed by atoms with Crippen LogP contribution in [0.2, 0.25) is 0 Å². The SMILES string of the molecule is O=C(Nc1cccc2c(O)cc(S(=O)(=O)O)cc12)c1cccc([N+](=O)[O-])c1. The number of phenolic OH excluding ortho intramolecular Hbond substituents is 1. The van der Waals surface area contributed by atoms with Gasteiger partial charge in [-0.1, -0.05) is 18.2 Å². The molecule has 0 aliphatic heterocycles. The molecule has 0 aromatic heterocycles. The number of carbonyl (C=O) groups excluding carboxylic acids is 1. The van der Waals surface area contributed by atoms with E-state index >= 15 is 0 Å². The summed E-state index contributed by atoms with van der Waals surface area (Å²) in [6.07, 6.45) is 0. The molecule has 3 aromatic rings. The Morgan fingerprint density at radius 3 is 2.41 bits per heavy atom. The molecular formula is C17H12N2O7S. The van der Waals surface area contributed by atoms with Crippen LogP contribution >= 0.6 is 0 Å². The molecule has 0 saturated carbocycles. The normalized spacial score (nSPS) is 11.3. The van der Waals surface area contributed by atoms with E-state index in [1.54, 1.807) is 0 Å². The van der Waals surface area contributed by atoms with Crippen molar-refractivity contribution in [2.45, 2.75) is 4.90 Å². The third-order valence-electron chi connectivity index (χ3n) is 3.81. The van der Waals surface area contributed by atoms with Crippen molar-refractivity contribution in [1.82, 2.24) is 0 Å². The molecule has 0 spiro atoms. The molecule has 0 bridgehead atoms. The van der Waals surface area contributed by atoms with Crippen LogP contribution in [0.1, 0.15) is 10.4 Å². The van der Waals surface area contributed by atoms with Crippen molar-refractivity contribution < 1.29 is 27.8 Å². The highest BCUT2D eigenvalue weighted by Crippen LogP contribution is 2.33. The van der Waals surface area contributed by atoms with Gasteiger partial charge in [0.15, 0.2) is 0 Å². The average molecular weight is 388 g/mol. The Morgan fingerprint density at radius 1 is 1.04 bits per heavy atom. The first kappa shape index (κ1) is 18.3. The quantitative estimate of drug-likeness (QED) is 0.354. The Labute approximate surface area is 152 Å². The fourth-order valence-corrected chi connectivity index (χ4v) is 3.08. The summed E-state index contributed by atoms with van der Waals surface area (Å²) in [6.45, 7) is 0. The Balaban J connectivity index is 2.07. The van der Waals surface area contributed by atoms with Gasteiger partial charge in [-0.2, -0.15) is 8.42 Å². The molecule has 3 rings (SSSR count). The van der Waals surface area contributed by atoms with E-state index in [0.717, 1.165) is 18.2 Å². The van der Waals surface area contributed by atoms with Crippen LogP contribution in [0.3, 0.4) is 0 Å². The number of fused-ring (bicyclic) bond motifs is 1. The first-order valence-electron chi connectivity index (χ1n) is 7.46. The van der Waals surface area contributed by atoms with Gasteiger partial charge in [0, 0.05) is 40.2 Å². The predicted octanol–water partition coefficient (Wildman–Crippen LogP) is 2.95. The third-order valence-corrected chi connectivity index (χ3v) is 4.64.